The zero-order valence-electron chi connectivity index (χ0n) is 12.8. The molecule has 2 N–H and O–H groups in total. The molecule has 0 bridgehead atoms. The van der Waals surface area contributed by atoms with E-state index >= 15 is 0 Å². The number of hydrogen-bond acceptors (Lipinski definition) is 3. The van der Waals surface area contributed by atoms with Crippen LogP contribution in [-0.2, 0) is 0 Å². The van der Waals surface area contributed by atoms with Gasteiger partial charge < -0.3 is 20.1 Å². The summed E-state index contributed by atoms with van der Waals surface area (Å²) in [6.45, 7) is 2.56. The highest BCUT2D eigenvalue weighted by Gasteiger charge is 2.18. The monoisotopic (exact) mass is 405 g/mol. The number of rotatable bonds is 5. The number of halogens is 1. The lowest BCUT2D eigenvalue weighted by atomic mass is 9.93. The minimum Gasteiger partial charge on any atom is -0.493 e. The van der Waals surface area contributed by atoms with Crippen LogP contribution in [0.5, 0.6) is 11.5 Å². The molecule has 1 saturated carbocycles. The van der Waals surface area contributed by atoms with Crippen LogP contribution in [0.3, 0.4) is 0 Å². The normalized spacial score (nSPS) is 14.7. The Kier molecular flexibility index (Phi) is 7.63. The largest absolute Gasteiger partial charge is 0.493 e. The fourth-order valence-electron chi connectivity index (χ4n) is 2.06. The molecule has 0 amide bonds. The lowest BCUT2D eigenvalue weighted by Gasteiger charge is -2.28. The van der Waals surface area contributed by atoms with Gasteiger partial charge in [-0.1, -0.05) is 0 Å². The van der Waals surface area contributed by atoms with Gasteiger partial charge in [-0.25, -0.2) is 0 Å². The van der Waals surface area contributed by atoms with Crippen LogP contribution in [0, 0.1) is 0 Å². The van der Waals surface area contributed by atoms with Crippen molar-refractivity contribution >= 4 is 35.6 Å². The minimum atomic E-state index is 0. The third kappa shape index (κ3) is 4.94. The first-order valence-corrected chi connectivity index (χ1v) is 7.08. The molecule has 0 aliphatic heterocycles. The van der Waals surface area contributed by atoms with Crippen LogP contribution in [0.25, 0.3) is 0 Å². The van der Waals surface area contributed by atoms with Gasteiger partial charge in [0.2, 0.25) is 0 Å². The molecule has 0 aromatic heterocycles. The average molecular weight is 405 g/mol. The molecule has 1 aromatic carbocycles. The van der Waals surface area contributed by atoms with Gasteiger partial charge in [0.15, 0.2) is 17.5 Å². The molecule has 1 aromatic rings. The zero-order valence-corrected chi connectivity index (χ0v) is 15.1. The van der Waals surface area contributed by atoms with E-state index in [9.17, 15) is 0 Å². The molecule has 0 heterocycles. The number of methoxy groups -OCH3 is 1. The molecular formula is C15H24IN3O2. The molecule has 0 radical (unpaired) electrons. The number of anilines is 1. The number of aliphatic imine (C=N–C) groups is 1. The summed E-state index contributed by atoms with van der Waals surface area (Å²) in [5, 5.41) is 6.68. The zero-order chi connectivity index (χ0) is 14.4. The Balaban J connectivity index is 0.00000220. The van der Waals surface area contributed by atoms with Crippen LogP contribution in [-0.4, -0.2) is 32.8 Å². The molecule has 0 saturated heterocycles. The van der Waals surface area contributed by atoms with Gasteiger partial charge in [0.05, 0.1) is 13.7 Å². The van der Waals surface area contributed by atoms with Gasteiger partial charge in [-0.05, 0) is 38.3 Å². The molecule has 1 aliphatic rings. The van der Waals surface area contributed by atoms with E-state index in [1.54, 1.807) is 14.2 Å². The Morgan fingerprint density at radius 1 is 1.33 bits per heavy atom. The van der Waals surface area contributed by atoms with E-state index in [0.717, 1.165) is 23.1 Å². The van der Waals surface area contributed by atoms with E-state index in [4.69, 9.17) is 9.47 Å². The fraction of sp³-hybridized carbons (Fsp3) is 0.533. The summed E-state index contributed by atoms with van der Waals surface area (Å²) in [4.78, 5) is 4.25. The highest BCUT2D eigenvalue weighted by atomic mass is 127. The smallest absolute Gasteiger partial charge is 0.195 e. The molecular weight excluding hydrogens is 381 g/mol. The van der Waals surface area contributed by atoms with Crippen molar-refractivity contribution in [2.24, 2.45) is 4.99 Å². The Morgan fingerprint density at radius 2 is 2.10 bits per heavy atom. The molecule has 118 valence electrons. The lowest BCUT2D eigenvalue weighted by Crippen LogP contribution is -2.42. The second kappa shape index (κ2) is 8.96. The first kappa shape index (κ1) is 17.9. The first-order valence-electron chi connectivity index (χ1n) is 7.08. The van der Waals surface area contributed by atoms with Gasteiger partial charge in [-0.2, -0.15) is 0 Å². The van der Waals surface area contributed by atoms with Crippen LogP contribution < -0.4 is 20.1 Å². The Bertz CT molecular complexity index is 476. The summed E-state index contributed by atoms with van der Waals surface area (Å²) in [5.41, 5.74) is 0.932. The van der Waals surface area contributed by atoms with E-state index in [0.29, 0.717) is 12.6 Å². The molecule has 6 heteroatoms. The summed E-state index contributed by atoms with van der Waals surface area (Å²) in [5.74, 6) is 2.26. The number of ether oxygens (including phenoxy) is 2. The van der Waals surface area contributed by atoms with Gasteiger partial charge in [0, 0.05) is 24.8 Å². The third-order valence-corrected chi connectivity index (χ3v) is 3.40. The lowest BCUT2D eigenvalue weighted by molar-refractivity contribution is 0.311. The Labute approximate surface area is 143 Å². The van der Waals surface area contributed by atoms with Crippen molar-refractivity contribution < 1.29 is 9.47 Å². The molecule has 0 atom stereocenters. The number of guanidine groups is 1. The van der Waals surface area contributed by atoms with Crippen LogP contribution in [0.15, 0.2) is 23.2 Å². The van der Waals surface area contributed by atoms with Crippen molar-refractivity contribution in [1.82, 2.24) is 5.32 Å². The van der Waals surface area contributed by atoms with Crippen molar-refractivity contribution in [3.05, 3.63) is 18.2 Å². The van der Waals surface area contributed by atoms with Gasteiger partial charge in [0.1, 0.15) is 0 Å². The summed E-state index contributed by atoms with van der Waals surface area (Å²) in [7, 11) is 3.42. The third-order valence-electron chi connectivity index (χ3n) is 3.40. The van der Waals surface area contributed by atoms with Crippen LogP contribution >= 0.6 is 24.0 Å². The fourth-order valence-corrected chi connectivity index (χ4v) is 2.06. The van der Waals surface area contributed by atoms with Crippen LogP contribution in [0.1, 0.15) is 26.2 Å². The molecule has 2 rings (SSSR count). The topological polar surface area (TPSA) is 54.9 Å². The Morgan fingerprint density at radius 3 is 2.62 bits per heavy atom. The molecule has 0 spiro atoms. The summed E-state index contributed by atoms with van der Waals surface area (Å²) in [6.07, 6.45) is 3.73. The van der Waals surface area contributed by atoms with Gasteiger partial charge in [-0.3, -0.25) is 4.99 Å². The van der Waals surface area contributed by atoms with Crippen molar-refractivity contribution in [3.8, 4) is 11.5 Å². The summed E-state index contributed by atoms with van der Waals surface area (Å²) < 4.78 is 10.8. The first-order chi connectivity index (χ1) is 9.76. The highest BCUT2D eigenvalue weighted by molar-refractivity contribution is 14.0. The number of hydrogen-bond donors (Lipinski definition) is 2. The molecule has 0 unspecified atom stereocenters. The number of nitrogens with one attached hydrogen (secondary N) is 2. The quantitative estimate of drug-likeness (QED) is 0.449. The minimum absolute atomic E-state index is 0. The average Bonchev–Trinajstić information content (AvgIpc) is 2.42. The maximum Gasteiger partial charge on any atom is 0.195 e. The summed E-state index contributed by atoms with van der Waals surface area (Å²) in [6, 6.07) is 6.32. The highest BCUT2D eigenvalue weighted by Crippen LogP contribution is 2.30. The van der Waals surface area contributed by atoms with Crippen LogP contribution in [0.2, 0.25) is 0 Å². The van der Waals surface area contributed by atoms with E-state index in [2.05, 4.69) is 15.6 Å². The van der Waals surface area contributed by atoms with E-state index < -0.39 is 0 Å². The van der Waals surface area contributed by atoms with Crippen molar-refractivity contribution in [3.63, 3.8) is 0 Å². The van der Waals surface area contributed by atoms with E-state index in [1.165, 1.54) is 19.3 Å². The summed E-state index contributed by atoms with van der Waals surface area (Å²) >= 11 is 0. The maximum atomic E-state index is 5.57. The van der Waals surface area contributed by atoms with Gasteiger partial charge in [-0.15, -0.1) is 24.0 Å². The second-order valence-corrected chi connectivity index (χ2v) is 4.77. The molecule has 1 aliphatic carbocycles. The van der Waals surface area contributed by atoms with Gasteiger partial charge >= 0.3 is 0 Å². The Hall–Kier alpha value is -1.18. The second-order valence-electron chi connectivity index (χ2n) is 4.77. The maximum absolute atomic E-state index is 5.57. The molecule has 1 fully saturated rings. The number of nitrogens with zero attached hydrogens (tertiary/aromatic N) is 1. The predicted octanol–water partition coefficient (Wildman–Crippen LogP) is 3.25. The molecule has 21 heavy (non-hydrogen) atoms. The van der Waals surface area contributed by atoms with Crippen molar-refractivity contribution in [1.29, 1.82) is 0 Å². The van der Waals surface area contributed by atoms with Crippen molar-refractivity contribution in [2.75, 3.05) is 26.1 Å². The van der Waals surface area contributed by atoms with Crippen LogP contribution in [0.4, 0.5) is 5.69 Å². The number of benzene rings is 1. The SMILES string of the molecule is CCOc1cc(NC(=NC)NC2CCC2)ccc1OC.I. The molecule has 5 nitrogen and oxygen atoms in total. The predicted molar refractivity (Wildman–Crippen MR) is 97.3 cm³/mol. The van der Waals surface area contributed by atoms with E-state index in [1.807, 2.05) is 25.1 Å². The van der Waals surface area contributed by atoms with Gasteiger partial charge in [0.25, 0.3) is 0 Å². The van der Waals surface area contributed by atoms with E-state index in [-0.39, 0.29) is 24.0 Å². The van der Waals surface area contributed by atoms with Crippen molar-refractivity contribution in [2.45, 2.75) is 32.2 Å². The standard InChI is InChI=1S/C15H23N3O2.HI/c1-4-20-14-10-12(8-9-13(14)19-3)18-15(16-2)17-11-6-5-7-11;/h8-11H,4-7H2,1-3H3,(H2,16,17,18);1H.